The standard InChI is InChI=1S/C13H8F3N3O/c14-13(15,16)8-3-1-4-9(7-8)19-11-10(12(20)18-19)5-2-6-17-11/h1-7H,(H,18,20). The molecule has 1 aromatic carbocycles. The Balaban J connectivity index is 2.24. The molecule has 0 aliphatic rings. The van der Waals surface area contributed by atoms with Crippen molar-refractivity contribution in [2.45, 2.75) is 6.18 Å². The lowest BCUT2D eigenvalue weighted by atomic mass is 10.2. The molecule has 0 aliphatic heterocycles. The second-order valence-corrected chi connectivity index (χ2v) is 4.20. The summed E-state index contributed by atoms with van der Waals surface area (Å²) < 4.78 is 39.4. The number of hydrogen-bond acceptors (Lipinski definition) is 2. The van der Waals surface area contributed by atoms with E-state index in [1.807, 2.05) is 0 Å². The fraction of sp³-hybridized carbons (Fsp3) is 0.0769. The van der Waals surface area contributed by atoms with Crippen LogP contribution >= 0.6 is 0 Å². The van der Waals surface area contributed by atoms with Crippen LogP contribution in [0.5, 0.6) is 0 Å². The number of benzene rings is 1. The van der Waals surface area contributed by atoms with E-state index in [1.54, 1.807) is 12.1 Å². The number of aromatic nitrogens is 3. The second-order valence-electron chi connectivity index (χ2n) is 4.20. The number of aromatic amines is 1. The van der Waals surface area contributed by atoms with Crippen LogP contribution in [-0.2, 0) is 6.18 Å². The molecule has 0 bridgehead atoms. The lowest BCUT2D eigenvalue weighted by Gasteiger charge is -2.09. The van der Waals surface area contributed by atoms with Crippen molar-refractivity contribution in [1.29, 1.82) is 0 Å². The van der Waals surface area contributed by atoms with E-state index in [1.165, 1.54) is 23.0 Å². The quantitative estimate of drug-likeness (QED) is 0.744. The lowest BCUT2D eigenvalue weighted by Crippen LogP contribution is -2.08. The van der Waals surface area contributed by atoms with Gasteiger partial charge in [-0.25, -0.2) is 9.67 Å². The van der Waals surface area contributed by atoms with Gasteiger partial charge in [-0.1, -0.05) is 6.07 Å². The third-order valence-corrected chi connectivity index (χ3v) is 2.89. The molecule has 0 radical (unpaired) electrons. The van der Waals surface area contributed by atoms with Crippen LogP contribution in [0.25, 0.3) is 16.7 Å². The first-order valence-corrected chi connectivity index (χ1v) is 5.70. The maximum absolute atomic E-state index is 12.7. The SMILES string of the molecule is O=c1[nH]n(-c2cccc(C(F)(F)F)c2)c2ncccc12. The van der Waals surface area contributed by atoms with Gasteiger partial charge in [0.05, 0.1) is 16.6 Å². The normalized spacial score (nSPS) is 11.9. The molecule has 102 valence electrons. The minimum atomic E-state index is -4.44. The molecule has 0 saturated heterocycles. The predicted molar refractivity (Wildman–Crippen MR) is 66.7 cm³/mol. The molecule has 0 atom stereocenters. The Morgan fingerprint density at radius 3 is 2.70 bits per heavy atom. The second kappa shape index (κ2) is 4.22. The number of nitrogens with zero attached hydrogens (tertiary/aromatic N) is 2. The number of nitrogens with one attached hydrogen (secondary N) is 1. The molecule has 3 aromatic rings. The van der Waals surface area contributed by atoms with Crippen molar-refractivity contribution < 1.29 is 13.2 Å². The fourth-order valence-corrected chi connectivity index (χ4v) is 1.98. The van der Waals surface area contributed by atoms with Gasteiger partial charge in [-0.3, -0.25) is 9.89 Å². The molecule has 0 amide bonds. The molecular formula is C13H8F3N3O. The smallest absolute Gasteiger partial charge is 0.267 e. The van der Waals surface area contributed by atoms with E-state index in [2.05, 4.69) is 10.1 Å². The number of halogens is 3. The van der Waals surface area contributed by atoms with E-state index in [0.29, 0.717) is 5.39 Å². The van der Waals surface area contributed by atoms with Gasteiger partial charge in [0.25, 0.3) is 5.56 Å². The molecule has 20 heavy (non-hydrogen) atoms. The Labute approximate surface area is 110 Å². The van der Waals surface area contributed by atoms with Gasteiger partial charge < -0.3 is 0 Å². The van der Waals surface area contributed by atoms with Crippen LogP contribution in [0, 0.1) is 0 Å². The summed E-state index contributed by atoms with van der Waals surface area (Å²) >= 11 is 0. The molecule has 2 heterocycles. The molecule has 0 fully saturated rings. The Morgan fingerprint density at radius 1 is 1.15 bits per heavy atom. The van der Waals surface area contributed by atoms with Gasteiger partial charge in [0.1, 0.15) is 0 Å². The molecule has 3 rings (SSSR count). The first-order chi connectivity index (χ1) is 9.47. The van der Waals surface area contributed by atoms with Gasteiger partial charge in [-0.15, -0.1) is 0 Å². The summed E-state index contributed by atoms with van der Waals surface area (Å²) in [6, 6.07) is 7.84. The maximum atomic E-state index is 12.7. The number of pyridine rings is 1. The van der Waals surface area contributed by atoms with Crippen LogP contribution in [0.4, 0.5) is 13.2 Å². The van der Waals surface area contributed by atoms with Crippen LogP contribution in [0.3, 0.4) is 0 Å². The third kappa shape index (κ3) is 1.97. The zero-order valence-corrected chi connectivity index (χ0v) is 9.98. The minimum absolute atomic E-state index is 0.200. The van der Waals surface area contributed by atoms with Crippen LogP contribution in [0.1, 0.15) is 5.56 Å². The van der Waals surface area contributed by atoms with E-state index in [4.69, 9.17) is 0 Å². The Kier molecular flexibility index (Phi) is 2.63. The first kappa shape index (κ1) is 12.5. The Bertz CT molecular complexity index is 832. The van der Waals surface area contributed by atoms with Gasteiger partial charge in [0.2, 0.25) is 0 Å². The summed E-state index contributed by atoms with van der Waals surface area (Å²) in [5.41, 5.74) is -0.693. The number of H-pyrrole nitrogens is 1. The molecular weight excluding hydrogens is 271 g/mol. The molecule has 0 saturated carbocycles. The number of rotatable bonds is 1. The molecule has 7 heteroatoms. The van der Waals surface area contributed by atoms with E-state index in [0.717, 1.165) is 12.1 Å². The summed E-state index contributed by atoms with van der Waals surface area (Å²) in [5.74, 6) is 0. The summed E-state index contributed by atoms with van der Waals surface area (Å²) in [6.07, 6.45) is -2.97. The van der Waals surface area contributed by atoms with Crippen molar-refractivity contribution in [1.82, 2.24) is 14.8 Å². The average molecular weight is 279 g/mol. The van der Waals surface area contributed by atoms with E-state index in [9.17, 15) is 18.0 Å². The number of alkyl halides is 3. The van der Waals surface area contributed by atoms with Crippen molar-refractivity contribution >= 4 is 11.0 Å². The van der Waals surface area contributed by atoms with Gasteiger partial charge in [0, 0.05) is 6.20 Å². The van der Waals surface area contributed by atoms with Crippen molar-refractivity contribution in [3.05, 3.63) is 58.5 Å². The monoisotopic (exact) mass is 279 g/mol. The highest BCUT2D eigenvalue weighted by atomic mass is 19.4. The van der Waals surface area contributed by atoms with Gasteiger partial charge in [-0.2, -0.15) is 13.2 Å². The Morgan fingerprint density at radius 2 is 1.95 bits per heavy atom. The largest absolute Gasteiger partial charge is 0.416 e. The minimum Gasteiger partial charge on any atom is -0.267 e. The van der Waals surface area contributed by atoms with E-state index in [-0.39, 0.29) is 11.3 Å². The van der Waals surface area contributed by atoms with E-state index >= 15 is 0 Å². The zero-order chi connectivity index (χ0) is 14.3. The molecule has 0 unspecified atom stereocenters. The topological polar surface area (TPSA) is 50.7 Å². The summed E-state index contributed by atoms with van der Waals surface area (Å²) in [7, 11) is 0. The van der Waals surface area contributed by atoms with Crippen LogP contribution in [-0.4, -0.2) is 14.8 Å². The van der Waals surface area contributed by atoms with Crippen LogP contribution in [0.2, 0.25) is 0 Å². The number of fused-ring (bicyclic) bond motifs is 1. The van der Waals surface area contributed by atoms with Gasteiger partial charge in [0.15, 0.2) is 5.65 Å². The first-order valence-electron chi connectivity index (χ1n) is 5.70. The zero-order valence-electron chi connectivity index (χ0n) is 9.98. The molecule has 2 aromatic heterocycles. The van der Waals surface area contributed by atoms with Crippen molar-refractivity contribution in [3.8, 4) is 5.69 Å². The van der Waals surface area contributed by atoms with Crippen molar-refractivity contribution in [2.75, 3.05) is 0 Å². The molecule has 0 spiro atoms. The van der Waals surface area contributed by atoms with Crippen LogP contribution < -0.4 is 5.56 Å². The predicted octanol–water partition coefficient (Wildman–Crippen LogP) is 2.73. The van der Waals surface area contributed by atoms with Gasteiger partial charge >= 0.3 is 6.18 Å². The third-order valence-electron chi connectivity index (χ3n) is 2.89. The highest BCUT2D eigenvalue weighted by molar-refractivity contribution is 5.75. The van der Waals surface area contributed by atoms with Crippen LogP contribution in [0.15, 0.2) is 47.4 Å². The summed E-state index contributed by atoms with van der Waals surface area (Å²) in [5, 5.41) is 2.80. The molecule has 1 N–H and O–H groups in total. The van der Waals surface area contributed by atoms with Crippen molar-refractivity contribution in [3.63, 3.8) is 0 Å². The average Bonchev–Trinajstić information content (AvgIpc) is 2.76. The summed E-state index contributed by atoms with van der Waals surface area (Å²) in [6.45, 7) is 0. The number of hydrogen-bond donors (Lipinski definition) is 1. The van der Waals surface area contributed by atoms with E-state index < -0.39 is 17.3 Å². The van der Waals surface area contributed by atoms with Gasteiger partial charge in [-0.05, 0) is 30.3 Å². The lowest BCUT2D eigenvalue weighted by molar-refractivity contribution is -0.137. The molecule has 0 aliphatic carbocycles. The maximum Gasteiger partial charge on any atom is 0.416 e. The highest BCUT2D eigenvalue weighted by Gasteiger charge is 2.30. The summed E-state index contributed by atoms with van der Waals surface area (Å²) in [4.78, 5) is 15.7. The highest BCUT2D eigenvalue weighted by Crippen LogP contribution is 2.30. The fourth-order valence-electron chi connectivity index (χ4n) is 1.98. The molecule has 4 nitrogen and oxygen atoms in total. The van der Waals surface area contributed by atoms with Crippen molar-refractivity contribution in [2.24, 2.45) is 0 Å². The Hall–Kier alpha value is -2.57.